The van der Waals surface area contributed by atoms with Gasteiger partial charge in [0, 0.05) is 19.5 Å². The molecule has 0 aromatic carbocycles. The summed E-state index contributed by atoms with van der Waals surface area (Å²) in [6.45, 7) is -5.54. The van der Waals surface area contributed by atoms with Gasteiger partial charge in [0.05, 0.1) is 22.7 Å². The molecule has 1 N–H and O–H groups in total. The van der Waals surface area contributed by atoms with Gasteiger partial charge in [-0.15, -0.1) is 0 Å². The second-order valence-electron chi connectivity index (χ2n) is 1.89. The highest BCUT2D eigenvalue weighted by atomic mass is 16.5. The first-order valence-electron chi connectivity index (χ1n) is 6.86. The summed E-state index contributed by atoms with van der Waals surface area (Å²) in [5.41, 5.74) is -1.73. The molecule has 3 nitrogen and oxygen atoms in total. The van der Waals surface area contributed by atoms with Gasteiger partial charge in [-0.3, -0.25) is 4.79 Å². The third kappa shape index (κ3) is 1.19. The molecule has 58 valence electrons. The van der Waals surface area contributed by atoms with Crippen LogP contribution in [-0.4, -0.2) is 18.1 Å². The molecule has 1 fully saturated rings. The number of H-pyrrole nitrogens is 1. The Hall–Kier alpha value is -1.09. The van der Waals surface area contributed by atoms with Crippen LogP contribution >= 0.6 is 0 Å². The molecule has 0 amide bonds. The van der Waals surface area contributed by atoms with Crippen molar-refractivity contribution in [1.82, 2.24) is 4.98 Å². The molecule has 11 heavy (non-hydrogen) atoms. The van der Waals surface area contributed by atoms with Crippen LogP contribution in [0.2, 0.25) is 0 Å². The van der Waals surface area contributed by atoms with Gasteiger partial charge in [0.25, 0.3) is 0 Å². The fourth-order valence-electron chi connectivity index (χ4n) is 0.630. The monoisotopic (exact) mass is 159 g/mol. The van der Waals surface area contributed by atoms with E-state index in [4.69, 9.17) is 11.0 Å². The minimum atomic E-state index is -2.77. The Morgan fingerprint density at radius 1 is 1.82 bits per heavy atom. The molecule has 0 spiro atoms. The van der Waals surface area contributed by atoms with Crippen LogP contribution in [0.4, 0.5) is 0 Å². The fraction of sp³-hybridized carbons (Fsp3) is 0.375. The molecular weight excluding hydrogens is 142 g/mol. The first-order chi connectivity index (χ1) is 8.46. The van der Waals surface area contributed by atoms with E-state index in [1.54, 1.807) is 0 Å². The van der Waals surface area contributed by atoms with Gasteiger partial charge in [-0.25, -0.2) is 0 Å². The number of pyridine rings is 1. The van der Waals surface area contributed by atoms with Crippen molar-refractivity contribution in [3.63, 3.8) is 0 Å². The summed E-state index contributed by atoms with van der Waals surface area (Å²) in [6.07, 6.45) is -0.767. The molecule has 0 atom stereocenters. The van der Waals surface area contributed by atoms with Crippen molar-refractivity contribution in [3.8, 4) is 0 Å². The quantitative estimate of drug-likeness (QED) is 0.648. The predicted molar refractivity (Wildman–Crippen MR) is 40.6 cm³/mol. The largest absolute Gasteiger partial charge is 0.380 e. The molecular formula is C8H9NO2. The summed E-state index contributed by atoms with van der Waals surface area (Å²) >= 11 is 0. The molecule has 0 unspecified atom stereocenters. The zero-order valence-corrected chi connectivity index (χ0v) is 5.32. The van der Waals surface area contributed by atoms with E-state index in [2.05, 4.69) is 4.74 Å². The Bertz CT molecular complexity index is 596. The predicted octanol–water partition coefficient (Wildman–Crippen LogP) is 0.489. The summed E-state index contributed by atoms with van der Waals surface area (Å²) in [6, 6.07) is -1.70. The molecule has 0 aliphatic carbocycles. The van der Waals surface area contributed by atoms with Crippen LogP contribution in [0.3, 0.4) is 0 Å². The number of hydrogen-bond acceptors (Lipinski definition) is 2. The molecule has 1 saturated heterocycles. The third-order valence-electron chi connectivity index (χ3n) is 1.16. The minimum Gasteiger partial charge on any atom is -0.380 e. The van der Waals surface area contributed by atoms with Crippen LogP contribution in [0.15, 0.2) is 23.1 Å². The van der Waals surface area contributed by atoms with Gasteiger partial charge in [-0.2, -0.15) is 0 Å². The number of rotatable bonds is 1. The first-order valence-corrected chi connectivity index (χ1v) is 2.86. The van der Waals surface area contributed by atoms with Crippen molar-refractivity contribution in [1.29, 1.82) is 0 Å². The van der Waals surface area contributed by atoms with Gasteiger partial charge in [0.15, 0.2) is 0 Å². The van der Waals surface area contributed by atoms with Crippen LogP contribution in [-0.2, 0) is 4.74 Å². The average molecular weight is 159 g/mol. The highest BCUT2D eigenvalue weighted by Gasteiger charge is 2.19. The van der Waals surface area contributed by atoms with Crippen molar-refractivity contribution in [3.05, 3.63) is 34.2 Å². The molecule has 3 heteroatoms. The molecule has 2 rings (SSSR count). The Morgan fingerprint density at radius 2 is 2.64 bits per heavy atom. The maximum atomic E-state index is 11.2. The number of nitrogens with one attached hydrogen (secondary N) is 1. The standard InChI is InChI=1S/C8H9NO2/c10-8-2-1-6(3-9-8)7-4-11-5-7/h1-3,7H,4-5H2,(H,9,10)/i1D,2D,3D,4D2,5D2,7D. The zero-order valence-electron chi connectivity index (χ0n) is 13.3. The normalized spacial score (nSPS) is 40.4. The van der Waals surface area contributed by atoms with E-state index >= 15 is 0 Å². The summed E-state index contributed by atoms with van der Waals surface area (Å²) in [4.78, 5) is 13.1. The van der Waals surface area contributed by atoms with Crippen molar-refractivity contribution < 1.29 is 15.7 Å². The number of hydrogen-bond donors (Lipinski definition) is 1. The summed E-state index contributed by atoms with van der Waals surface area (Å²) in [5, 5.41) is 0. The lowest BCUT2D eigenvalue weighted by Crippen LogP contribution is -2.25. The van der Waals surface area contributed by atoms with Gasteiger partial charge in [0.1, 0.15) is 0 Å². The SMILES string of the molecule is [2H]c1[nH]c(=O)c([2H])c([2H])c1C1([2H])C([2H])([2H])OC1([2H])[2H]. The average Bonchev–Trinajstić information content (AvgIpc) is 2.24. The van der Waals surface area contributed by atoms with Crippen molar-refractivity contribution in [2.75, 3.05) is 13.1 Å². The van der Waals surface area contributed by atoms with Gasteiger partial charge in [0.2, 0.25) is 5.56 Å². The Labute approximate surface area is 75.3 Å². The topological polar surface area (TPSA) is 42.1 Å². The van der Waals surface area contributed by atoms with Crippen LogP contribution in [0, 0.1) is 0 Å². The van der Waals surface area contributed by atoms with Crippen molar-refractivity contribution in [2.45, 2.75) is 5.89 Å². The molecule has 1 aliphatic rings. The van der Waals surface area contributed by atoms with Crippen LogP contribution in [0.25, 0.3) is 0 Å². The molecule has 2 heterocycles. The lowest BCUT2D eigenvalue weighted by atomic mass is 10.00. The van der Waals surface area contributed by atoms with Crippen molar-refractivity contribution >= 4 is 0 Å². The molecule has 0 radical (unpaired) electrons. The third-order valence-corrected chi connectivity index (χ3v) is 1.16. The zero-order chi connectivity index (χ0) is 14.8. The van der Waals surface area contributed by atoms with Gasteiger partial charge < -0.3 is 9.72 Å². The van der Waals surface area contributed by atoms with Gasteiger partial charge in [-0.05, 0) is 5.56 Å². The Balaban J connectivity index is 2.79. The van der Waals surface area contributed by atoms with E-state index in [0.717, 1.165) is 0 Å². The second kappa shape index (κ2) is 2.51. The lowest BCUT2D eigenvalue weighted by molar-refractivity contribution is 0.00828. The maximum Gasteiger partial charge on any atom is 0.247 e. The lowest BCUT2D eigenvalue weighted by Gasteiger charge is -2.25. The first kappa shape index (κ1) is 2.20. The van der Waals surface area contributed by atoms with Gasteiger partial charge >= 0.3 is 0 Å². The Morgan fingerprint density at radius 3 is 3.36 bits per heavy atom. The summed E-state index contributed by atoms with van der Waals surface area (Å²) < 4.78 is 64.4. The molecule has 1 aromatic heterocycles. The van der Waals surface area contributed by atoms with Crippen LogP contribution < -0.4 is 5.56 Å². The highest BCUT2D eigenvalue weighted by Crippen LogP contribution is 2.21. The maximum absolute atomic E-state index is 11.2. The van der Waals surface area contributed by atoms with E-state index < -0.39 is 48.4 Å². The molecule has 1 aliphatic heterocycles. The molecule has 0 saturated carbocycles. The van der Waals surface area contributed by atoms with Crippen LogP contribution in [0.5, 0.6) is 0 Å². The molecule has 0 bridgehead atoms. The van der Waals surface area contributed by atoms with Gasteiger partial charge in [-0.1, -0.05) is 6.04 Å². The van der Waals surface area contributed by atoms with Crippen molar-refractivity contribution in [2.24, 2.45) is 0 Å². The number of aromatic nitrogens is 1. The summed E-state index contributed by atoms with van der Waals surface area (Å²) in [7, 11) is 0. The highest BCUT2D eigenvalue weighted by molar-refractivity contribution is 5.16. The second-order valence-corrected chi connectivity index (χ2v) is 1.89. The Kier molecular flexibility index (Phi) is 0.502. The van der Waals surface area contributed by atoms with E-state index in [9.17, 15) is 4.79 Å². The van der Waals surface area contributed by atoms with Crippen LogP contribution in [0.1, 0.15) is 22.4 Å². The van der Waals surface area contributed by atoms with E-state index in [1.165, 1.54) is 0 Å². The minimum absolute atomic E-state index is 0.710. The van der Waals surface area contributed by atoms with E-state index in [0.29, 0.717) is 0 Å². The smallest absolute Gasteiger partial charge is 0.247 e. The number of aromatic amines is 1. The van der Waals surface area contributed by atoms with E-state index in [-0.39, 0.29) is 0 Å². The summed E-state index contributed by atoms with van der Waals surface area (Å²) in [5.74, 6) is -2.70. The van der Waals surface area contributed by atoms with E-state index in [1.807, 2.05) is 4.98 Å². The number of ether oxygens (including phenoxy) is 1. The fourth-order valence-corrected chi connectivity index (χ4v) is 0.630. The molecule has 1 aromatic rings.